The molecule has 19 heavy (non-hydrogen) atoms. The van der Waals surface area contributed by atoms with Crippen LogP contribution in [0.2, 0.25) is 0 Å². The minimum atomic E-state index is -3.50. The molecule has 6 heteroatoms. The van der Waals surface area contributed by atoms with Crippen LogP contribution in [0.25, 0.3) is 0 Å². The molecule has 1 aromatic carbocycles. The number of sulfonamides is 1. The van der Waals surface area contributed by atoms with Crippen molar-refractivity contribution < 1.29 is 13.2 Å². The molecular weight excluding hydrogens is 264 g/mol. The second kappa shape index (κ2) is 7.12. The zero-order chi connectivity index (χ0) is 14.3. The van der Waals surface area contributed by atoms with Crippen molar-refractivity contribution in [2.75, 3.05) is 12.4 Å². The van der Waals surface area contributed by atoms with Gasteiger partial charge in [0.05, 0.1) is 24.0 Å². The van der Waals surface area contributed by atoms with Gasteiger partial charge in [-0.25, -0.2) is 13.6 Å². The molecule has 0 aromatic heterocycles. The SMILES string of the molecule is CCCC(COc1cccc(C#N)c1)CS(N)(=O)=O. The minimum Gasteiger partial charge on any atom is -0.493 e. The minimum absolute atomic E-state index is 0.0845. The third kappa shape index (κ3) is 6.22. The van der Waals surface area contributed by atoms with Crippen LogP contribution in [-0.2, 0) is 10.0 Å². The van der Waals surface area contributed by atoms with Crippen molar-refractivity contribution in [3.05, 3.63) is 29.8 Å². The van der Waals surface area contributed by atoms with Gasteiger partial charge in [-0.2, -0.15) is 5.26 Å². The number of nitrogens with two attached hydrogens (primary N) is 1. The maximum Gasteiger partial charge on any atom is 0.209 e. The van der Waals surface area contributed by atoms with Crippen LogP contribution in [0, 0.1) is 17.2 Å². The number of hydrogen-bond acceptors (Lipinski definition) is 4. The first-order chi connectivity index (χ1) is 8.94. The molecule has 0 amide bonds. The van der Waals surface area contributed by atoms with Gasteiger partial charge in [0, 0.05) is 5.92 Å². The third-order valence-electron chi connectivity index (χ3n) is 2.61. The van der Waals surface area contributed by atoms with E-state index in [1.807, 2.05) is 13.0 Å². The Bertz CT molecular complexity index is 549. The lowest BCUT2D eigenvalue weighted by Crippen LogP contribution is -2.26. The van der Waals surface area contributed by atoms with Crippen molar-refractivity contribution >= 4 is 10.0 Å². The van der Waals surface area contributed by atoms with Gasteiger partial charge in [0.1, 0.15) is 5.75 Å². The standard InChI is InChI=1S/C13H18N2O3S/c1-2-4-12(10-19(15,16)17)9-18-13-6-3-5-11(7-13)8-14/h3,5-7,12H,2,4,9-10H2,1H3,(H2,15,16,17). The first kappa shape index (κ1) is 15.5. The van der Waals surface area contributed by atoms with Crippen molar-refractivity contribution in [1.29, 1.82) is 5.26 Å². The van der Waals surface area contributed by atoms with E-state index in [-0.39, 0.29) is 18.3 Å². The molecule has 0 spiro atoms. The summed E-state index contributed by atoms with van der Waals surface area (Å²) in [7, 11) is -3.50. The fourth-order valence-electron chi connectivity index (χ4n) is 1.82. The summed E-state index contributed by atoms with van der Waals surface area (Å²) in [6, 6.07) is 8.79. The maximum atomic E-state index is 11.1. The van der Waals surface area contributed by atoms with Crippen molar-refractivity contribution in [2.45, 2.75) is 19.8 Å². The maximum absolute atomic E-state index is 11.1. The lowest BCUT2D eigenvalue weighted by Gasteiger charge is -2.16. The van der Waals surface area contributed by atoms with Crippen LogP contribution in [0.1, 0.15) is 25.3 Å². The lowest BCUT2D eigenvalue weighted by atomic mass is 10.1. The second-order valence-electron chi connectivity index (χ2n) is 4.43. The van der Waals surface area contributed by atoms with E-state index < -0.39 is 10.0 Å². The summed E-state index contributed by atoms with van der Waals surface area (Å²) in [5, 5.41) is 13.8. The van der Waals surface area contributed by atoms with E-state index in [0.717, 1.165) is 12.8 Å². The molecule has 0 aliphatic heterocycles. The summed E-state index contributed by atoms with van der Waals surface area (Å²) in [4.78, 5) is 0. The summed E-state index contributed by atoms with van der Waals surface area (Å²) in [6.45, 7) is 2.26. The van der Waals surface area contributed by atoms with E-state index >= 15 is 0 Å². The molecule has 5 nitrogen and oxygen atoms in total. The molecule has 0 aliphatic rings. The largest absolute Gasteiger partial charge is 0.493 e. The highest BCUT2D eigenvalue weighted by molar-refractivity contribution is 7.89. The van der Waals surface area contributed by atoms with Gasteiger partial charge in [-0.15, -0.1) is 0 Å². The number of primary sulfonamides is 1. The molecule has 0 aliphatic carbocycles. The Labute approximate surface area is 114 Å². The highest BCUT2D eigenvalue weighted by Crippen LogP contribution is 2.16. The third-order valence-corrected chi connectivity index (χ3v) is 3.55. The Morgan fingerprint density at radius 2 is 2.21 bits per heavy atom. The molecule has 104 valence electrons. The van der Waals surface area contributed by atoms with Crippen LogP contribution in [0.15, 0.2) is 24.3 Å². The molecule has 1 aromatic rings. The van der Waals surface area contributed by atoms with E-state index in [9.17, 15) is 8.42 Å². The fourth-order valence-corrected chi connectivity index (χ4v) is 2.74. The number of nitriles is 1. The van der Waals surface area contributed by atoms with Crippen LogP contribution >= 0.6 is 0 Å². The average molecular weight is 282 g/mol. The summed E-state index contributed by atoms with van der Waals surface area (Å²) < 4.78 is 27.8. The van der Waals surface area contributed by atoms with Gasteiger partial charge in [0.25, 0.3) is 0 Å². The van der Waals surface area contributed by atoms with Gasteiger partial charge in [0.2, 0.25) is 10.0 Å². The van der Waals surface area contributed by atoms with Gasteiger partial charge in [-0.1, -0.05) is 19.4 Å². The van der Waals surface area contributed by atoms with Crippen molar-refractivity contribution in [1.82, 2.24) is 0 Å². The van der Waals surface area contributed by atoms with Crippen molar-refractivity contribution in [3.8, 4) is 11.8 Å². The van der Waals surface area contributed by atoms with E-state index in [2.05, 4.69) is 0 Å². The highest BCUT2D eigenvalue weighted by atomic mass is 32.2. The summed E-state index contributed by atoms with van der Waals surface area (Å²) in [5.41, 5.74) is 0.510. The Hall–Kier alpha value is -1.58. The molecule has 0 radical (unpaired) electrons. The molecule has 1 rings (SSSR count). The van der Waals surface area contributed by atoms with Crippen LogP contribution in [-0.4, -0.2) is 20.8 Å². The number of ether oxygens (including phenoxy) is 1. The number of nitrogens with zero attached hydrogens (tertiary/aromatic N) is 1. The van der Waals surface area contributed by atoms with Gasteiger partial charge in [0.15, 0.2) is 0 Å². The summed E-state index contributed by atoms with van der Waals surface area (Å²) in [5.74, 6) is 0.346. The average Bonchev–Trinajstić information content (AvgIpc) is 2.35. The van der Waals surface area contributed by atoms with E-state index in [1.54, 1.807) is 24.3 Å². The Balaban J connectivity index is 2.63. The van der Waals surface area contributed by atoms with Crippen LogP contribution in [0.5, 0.6) is 5.75 Å². The summed E-state index contributed by atoms with van der Waals surface area (Å²) >= 11 is 0. The topological polar surface area (TPSA) is 93.2 Å². The molecule has 1 unspecified atom stereocenters. The summed E-state index contributed by atoms with van der Waals surface area (Å²) in [6.07, 6.45) is 1.59. The number of hydrogen-bond donors (Lipinski definition) is 1. The Morgan fingerprint density at radius 3 is 2.79 bits per heavy atom. The predicted molar refractivity (Wildman–Crippen MR) is 73.0 cm³/mol. The molecule has 0 bridgehead atoms. The van der Waals surface area contributed by atoms with Gasteiger partial charge in [-0.05, 0) is 24.6 Å². The molecule has 0 saturated carbocycles. The van der Waals surface area contributed by atoms with Gasteiger partial charge in [-0.3, -0.25) is 0 Å². The highest BCUT2D eigenvalue weighted by Gasteiger charge is 2.16. The van der Waals surface area contributed by atoms with E-state index in [4.69, 9.17) is 15.1 Å². The normalized spacial score (nSPS) is 12.7. The predicted octanol–water partition coefficient (Wildman–Crippen LogP) is 1.64. The molecular formula is C13H18N2O3S. The molecule has 2 N–H and O–H groups in total. The fraction of sp³-hybridized carbons (Fsp3) is 0.462. The molecule has 0 saturated heterocycles. The molecule has 1 atom stereocenters. The smallest absolute Gasteiger partial charge is 0.209 e. The molecule has 0 fully saturated rings. The zero-order valence-corrected chi connectivity index (χ0v) is 11.7. The number of benzene rings is 1. The van der Waals surface area contributed by atoms with E-state index in [0.29, 0.717) is 11.3 Å². The van der Waals surface area contributed by atoms with Crippen LogP contribution < -0.4 is 9.88 Å². The first-order valence-corrected chi connectivity index (χ1v) is 7.79. The first-order valence-electron chi connectivity index (χ1n) is 6.08. The quantitative estimate of drug-likeness (QED) is 0.822. The number of rotatable bonds is 7. The molecule has 0 heterocycles. The Morgan fingerprint density at radius 1 is 1.47 bits per heavy atom. The van der Waals surface area contributed by atoms with Crippen molar-refractivity contribution in [3.63, 3.8) is 0 Å². The van der Waals surface area contributed by atoms with Crippen LogP contribution in [0.3, 0.4) is 0 Å². The lowest BCUT2D eigenvalue weighted by molar-refractivity contribution is 0.252. The Kier molecular flexibility index (Phi) is 5.80. The van der Waals surface area contributed by atoms with E-state index in [1.165, 1.54) is 0 Å². The van der Waals surface area contributed by atoms with Gasteiger partial charge < -0.3 is 4.74 Å². The second-order valence-corrected chi connectivity index (χ2v) is 6.09. The van der Waals surface area contributed by atoms with Crippen molar-refractivity contribution in [2.24, 2.45) is 11.1 Å². The van der Waals surface area contributed by atoms with Crippen LogP contribution in [0.4, 0.5) is 0 Å². The zero-order valence-electron chi connectivity index (χ0n) is 10.9. The monoisotopic (exact) mass is 282 g/mol. The van der Waals surface area contributed by atoms with Gasteiger partial charge >= 0.3 is 0 Å².